The Balaban J connectivity index is 2.19. The molecule has 9 heteroatoms. The monoisotopic (exact) mass is 506 g/mol. The minimum atomic E-state index is -1.12. The number of imidazole rings is 1. The molecule has 0 saturated carbocycles. The highest BCUT2D eigenvalue weighted by atomic mass is 35.5. The number of aliphatic hydroxyl groups is 1. The molecule has 0 radical (unpaired) electrons. The number of hydrogen-bond donors (Lipinski definition) is 2. The molecule has 0 aliphatic carbocycles. The molecule has 2 aromatic carbocycles. The van der Waals surface area contributed by atoms with Crippen LogP contribution in [0.5, 0.6) is 0 Å². The average molecular weight is 507 g/mol. The van der Waals surface area contributed by atoms with Crippen molar-refractivity contribution in [3.8, 4) is 0 Å². The average Bonchev–Trinajstić information content (AvgIpc) is 3.12. The fourth-order valence-electron chi connectivity index (χ4n) is 4.22. The van der Waals surface area contributed by atoms with Crippen LogP contribution < -0.4 is 4.90 Å². The quantitative estimate of drug-likeness (QED) is 0.388. The number of anilines is 1. The lowest BCUT2D eigenvalue weighted by Gasteiger charge is -2.33. The third-order valence-electron chi connectivity index (χ3n) is 5.97. The molecule has 1 unspecified atom stereocenters. The molecule has 1 heterocycles. The van der Waals surface area contributed by atoms with Gasteiger partial charge in [0.2, 0.25) is 0 Å². The lowest BCUT2D eigenvalue weighted by Crippen LogP contribution is -2.46. The Kier molecular flexibility index (Phi) is 8.01. The number of carboxylic acid groups (broad SMARTS) is 1. The molecule has 0 aliphatic heterocycles. The van der Waals surface area contributed by atoms with Gasteiger partial charge in [-0.15, -0.1) is 0 Å². The van der Waals surface area contributed by atoms with E-state index in [0.29, 0.717) is 28.0 Å². The number of para-hydroxylation sites is 1. The number of amides is 1. The van der Waals surface area contributed by atoms with Crippen LogP contribution in [0.4, 0.5) is 10.5 Å². The second-order valence-electron chi connectivity index (χ2n) is 9.11. The highest BCUT2D eigenvalue weighted by molar-refractivity contribution is 6.35. The predicted molar refractivity (Wildman–Crippen MR) is 138 cm³/mol. The minimum Gasteiger partial charge on any atom is -0.465 e. The zero-order valence-electron chi connectivity index (χ0n) is 20.2. The summed E-state index contributed by atoms with van der Waals surface area (Å²) in [6.45, 7) is 11.9. The molecule has 7 nitrogen and oxygen atoms in total. The van der Waals surface area contributed by atoms with E-state index < -0.39 is 17.7 Å². The summed E-state index contributed by atoms with van der Waals surface area (Å²) in [5.74, 6) is 0.401. The summed E-state index contributed by atoms with van der Waals surface area (Å²) in [6, 6.07) is 10.8. The van der Waals surface area contributed by atoms with Crippen molar-refractivity contribution in [2.45, 2.75) is 52.8 Å². The molecule has 0 fully saturated rings. The van der Waals surface area contributed by atoms with Gasteiger partial charge >= 0.3 is 6.09 Å². The molecule has 1 amide bonds. The Morgan fingerprint density at radius 3 is 2.38 bits per heavy atom. The van der Waals surface area contributed by atoms with Crippen LogP contribution in [-0.4, -0.2) is 55.9 Å². The maximum Gasteiger partial charge on any atom is 0.407 e. The number of halogens is 2. The summed E-state index contributed by atoms with van der Waals surface area (Å²) in [5.41, 5.74) is 2.46. The van der Waals surface area contributed by atoms with Crippen molar-refractivity contribution in [3.05, 3.63) is 57.8 Å². The van der Waals surface area contributed by atoms with E-state index in [1.165, 1.54) is 4.90 Å². The summed E-state index contributed by atoms with van der Waals surface area (Å²) < 4.78 is 1.92. The van der Waals surface area contributed by atoms with Gasteiger partial charge in [-0.3, -0.25) is 0 Å². The lowest BCUT2D eigenvalue weighted by atomic mass is 10.1. The fraction of sp³-hybridized carbons (Fsp3) is 0.440. The summed E-state index contributed by atoms with van der Waals surface area (Å²) in [4.78, 5) is 20.4. The highest BCUT2D eigenvalue weighted by Gasteiger charge is 2.28. The number of aliphatic hydroxyl groups excluding tert-OH is 1. The summed E-state index contributed by atoms with van der Waals surface area (Å²) in [6.07, 6.45) is -2.11. The van der Waals surface area contributed by atoms with Crippen molar-refractivity contribution in [2.24, 2.45) is 0 Å². The van der Waals surface area contributed by atoms with Crippen LogP contribution in [0, 0.1) is 0 Å². The third kappa shape index (κ3) is 5.27. The van der Waals surface area contributed by atoms with E-state index in [9.17, 15) is 15.0 Å². The molecular weight excluding hydrogens is 475 g/mol. The molecule has 1 aromatic heterocycles. The first-order chi connectivity index (χ1) is 16.0. The number of fused-ring (bicyclic) bond motifs is 1. The van der Waals surface area contributed by atoms with Crippen molar-refractivity contribution < 1.29 is 15.0 Å². The van der Waals surface area contributed by atoms with Crippen molar-refractivity contribution >= 4 is 46.0 Å². The zero-order chi connectivity index (χ0) is 25.2. The van der Waals surface area contributed by atoms with Crippen molar-refractivity contribution in [3.63, 3.8) is 0 Å². The molecule has 0 bridgehead atoms. The van der Waals surface area contributed by atoms with E-state index in [1.807, 2.05) is 43.5 Å². The van der Waals surface area contributed by atoms with E-state index in [4.69, 9.17) is 28.2 Å². The Bertz CT molecular complexity index is 1170. The molecule has 184 valence electrons. The van der Waals surface area contributed by atoms with Crippen LogP contribution >= 0.6 is 23.2 Å². The van der Waals surface area contributed by atoms with Gasteiger partial charge in [0, 0.05) is 47.3 Å². The van der Waals surface area contributed by atoms with Crippen molar-refractivity contribution in [2.75, 3.05) is 24.5 Å². The normalized spacial score (nSPS) is 12.7. The first kappa shape index (κ1) is 26.1. The second kappa shape index (κ2) is 10.4. The van der Waals surface area contributed by atoms with Crippen LogP contribution in [0.3, 0.4) is 0 Å². The SMILES string of the molecule is CCN(CC)c1cccc2nc(C(O)c3ccc(Cl)cc3Cl)n(CCN(C(=O)O)C(C)(C)C)c12. The van der Waals surface area contributed by atoms with Gasteiger partial charge in [-0.25, -0.2) is 9.78 Å². The van der Waals surface area contributed by atoms with Gasteiger partial charge in [0.05, 0.1) is 16.7 Å². The van der Waals surface area contributed by atoms with Crippen LogP contribution in [-0.2, 0) is 6.54 Å². The molecule has 0 aliphatic rings. The number of carbonyl (C=O) groups is 1. The Hall–Kier alpha value is -2.48. The van der Waals surface area contributed by atoms with Gasteiger partial charge in [0.1, 0.15) is 11.9 Å². The second-order valence-corrected chi connectivity index (χ2v) is 9.96. The Morgan fingerprint density at radius 2 is 1.82 bits per heavy atom. The summed E-state index contributed by atoms with van der Waals surface area (Å²) in [5, 5.41) is 22.0. The number of benzene rings is 2. The van der Waals surface area contributed by atoms with Crippen molar-refractivity contribution in [1.82, 2.24) is 14.5 Å². The van der Waals surface area contributed by atoms with Gasteiger partial charge in [-0.2, -0.15) is 0 Å². The van der Waals surface area contributed by atoms with E-state index in [0.717, 1.165) is 29.8 Å². The van der Waals surface area contributed by atoms with E-state index in [-0.39, 0.29) is 6.54 Å². The largest absolute Gasteiger partial charge is 0.465 e. The van der Waals surface area contributed by atoms with Crippen LogP contribution in [0.25, 0.3) is 11.0 Å². The number of nitrogens with zero attached hydrogens (tertiary/aromatic N) is 4. The lowest BCUT2D eigenvalue weighted by molar-refractivity contribution is 0.0973. The molecule has 0 spiro atoms. The van der Waals surface area contributed by atoms with Crippen molar-refractivity contribution in [1.29, 1.82) is 0 Å². The van der Waals surface area contributed by atoms with Gasteiger partial charge in [0.15, 0.2) is 0 Å². The highest BCUT2D eigenvalue weighted by Crippen LogP contribution is 2.35. The molecule has 3 aromatic rings. The standard InChI is InChI=1S/C25H32Cl2N4O3/c1-6-29(7-2)20-10-8-9-19-21(20)30(13-14-31(24(33)34)25(3,4)5)23(28-19)22(32)17-12-11-16(26)15-18(17)27/h8-12,15,22,32H,6-7,13-14H2,1-5H3,(H,33,34). The maximum atomic E-state index is 12.0. The third-order valence-corrected chi connectivity index (χ3v) is 6.53. The molecule has 3 rings (SSSR count). The van der Waals surface area contributed by atoms with Crippen LogP contribution in [0.2, 0.25) is 10.0 Å². The molecule has 2 N–H and O–H groups in total. The molecular formula is C25H32Cl2N4O3. The van der Waals surface area contributed by atoms with Crippen LogP contribution in [0.1, 0.15) is 52.1 Å². The van der Waals surface area contributed by atoms with Gasteiger partial charge in [0.25, 0.3) is 0 Å². The first-order valence-electron chi connectivity index (χ1n) is 11.4. The van der Waals surface area contributed by atoms with E-state index in [2.05, 4.69) is 18.7 Å². The van der Waals surface area contributed by atoms with Gasteiger partial charge < -0.3 is 24.6 Å². The minimum absolute atomic E-state index is 0.227. The Morgan fingerprint density at radius 1 is 1.15 bits per heavy atom. The number of hydrogen-bond acceptors (Lipinski definition) is 4. The molecule has 1 atom stereocenters. The number of rotatable bonds is 8. The van der Waals surface area contributed by atoms with Gasteiger partial charge in [-0.05, 0) is 58.9 Å². The molecule has 34 heavy (non-hydrogen) atoms. The maximum absolute atomic E-state index is 12.0. The zero-order valence-corrected chi connectivity index (χ0v) is 21.7. The summed E-state index contributed by atoms with van der Waals surface area (Å²) in [7, 11) is 0. The Labute approximate surface area is 210 Å². The first-order valence-corrected chi connectivity index (χ1v) is 12.1. The van der Waals surface area contributed by atoms with Crippen LogP contribution in [0.15, 0.2) is 36.4 Å². The number of aromatic nitrogens is 2. The fourth-order valence-corrected chi connectivity index (χ4v) is 4.73. The topological polar surface area (TPSA) is 81.8 Å². The van der Waals surface area contributed by atoms with E-state index in [1.54, 1.807) is 18.2 Å². The van der Waals surface area contributed by atoms with Gasteiger partial charge in [-0.1, -0.05) is 35.3 Å². The summed E-state index contributed by atoms with van der Waals surface area (Å²) >= 11 is 12.5. The predicted octanol–water partition coefficient (Wildman–Crippen LogP) is 6.05. The van der Waals surface area contributed by atoms with E-state index >= 15 is 0 Å². The molecule has 0 saturated heterocycles. The smallest absolute Gasteiger partial charge is 0.407 e.